The van der Waals surface area contributed by atoms with Gasteiger partial charge in [0.1, 0.15) is 5.58 Å². The van der Waals surface area contributed by atoms with E-state index >= 15 is 0 Å². The molecule has 4 aromatic heterocycles. The zero-order chi connectivity index (χ0) is 40.6. The Balaban J connectivity index is 0.000000262. The van der Waals surface area contributed by atoms with Gasteiger partial charge in [-0.05, 0) is 64.8 Å². The van der Waals surface area contributed by atoms with Gasteiger partial charge in [-0.3, -0.25) is 9.97 Å². The van der Waals surface area contributed by atoms with Crippen molar-refractivity contribution in [1.29, 1.82) is 0 Å². The van der Waals surface area contributed by atoms with Crippen molar-refractivity contribution in [3.05, 3.63) is 168 Å². The molecule has 0 saturated heterocycles. The predicted octanol–water partition coefficient (Wildman–Crippen LogP) is 13.2. The molecule has 1 radical (unpaired) electrons. The second-order valence-corrected chi connectivity index (χ2v) is 27.4. The van der Waals surface area contributed by atoms with Crippen LogP contribution in [0.4, 0.5) is 0 Å². The fraction of sp³-hybridized carbons (Fsp3) is 0.212. The van der Waals surface area contributed by atoms with E-state index in [1.165, 1.54) is 32.2 Å². The molecule has 5 nitrogen and oxygen atoms in total. The summed E-state index contributed by atoms with van der Waals surface area (Å²) in [6.07, 6.45) is 3.85. The zero-order valence-electron chi connectivity index (χ0n) is 35.1. The van der Waals surface area contributed by atoms with Crippen molar-refractivity contribution >= 4 is 50.6 Å². The first-order valence-electron chi connectivity index (χ1n) is 20.3. The minimum atomic E-state index is -1.72. The number of fused-ring (bicyclic) bond motifs is 4. The average Bonchev–Trinajstić information content (AvgIpc) is 3.79. The van der Waals surface area contributed by atoms with Crippen LogP contribution in [0, 0.1) is 19.1 Å². The Morgan fingerprint density at radius 1 is 0.695 bits per heavy atom. The van der Waals surface area contributed by atoms with E-state index in [2.05, 4.69) is 163 Å². The first kappa shape index (κ1) is 42.0. The van der Waals surface area contributed by atoms with Gasteiger partial charge >= 0.3 is 99.8 Å². The Bertz CT molecular complexity index is 2830. The summed E-state index contributed by atoms with van der Waals surface area (Å²) in [6.45, 7) is 11.9. The smallest absolute Gasteiger partial charge is 0 e. The third-order valence-corrected chi connectivity index (χ3v) is 15.2. The second kappa shape index (κ2) is 17.6. The van der Waals surface area contributed by atoms with Crippen molar-refractivity contribution in [3.8, 4) is 33.8 Å². The van der Waals surface area contributed by atoms with Gasteiger partial charge in [0.25, 0.3) is 0 Å². The number of aryl methyl sites for hydroxylation is 1. The molecule has 0 N–H and O–H groups in total. The molecule has 9 rings (SSSR count). The summed E-state index contributed by atoms with van der Waals surface area (Å²) >= 11 is -1.72. The average molecular weight is 1010 g/mol. The van der Waals surface area contributed by atoms with Crippen LogP contribution in [0.2, 0.25) is 17.3 Å². The number of para-hydroxylation sites is 2. The first-order chi connectivity index (χ1) is 28.0. The molecule has 0 spiro atoms. The molecule has 0 aliphatic carbocycles. The van der Waals surface area contributed by atoms with Gasteiger partial charge in [0, 0.05) is 37.7 Å². The van der Waals surface area contributed by atoms with E-state index < -0.39 is 13.3 Å². The Kier molecular flexibility index (Phi) is 12.5. The number of nitrogens with zero attached hydrogens (tertiary/aromatic N) is 4. The van der Waals surface area contributed by atoms with E-state index in [-0.39, 0.29) is 20.1 Å². The molecule has 0 unspecified atom stereocenters. The predicted molar refractivity (Wildman–Crippen MR) is 244 cm³/mol. The SMILES string of the molecule is Cc1cc2c(cn1)oc1c(-c3nc4ccccc4n3Cc3c(C(C)C)cc(-c4ccccc4)cc3C(C)C)[c-]ccc12.[CH3][Ge]([CH3])([CH3])[c]1ccc(-c2[c-]cccc2)nc1.[Ir]. The number of furan rings is 1. The molecule has 0 aliphatic rings. The van der Waals surface area contributed by atoms with Gasteiger partial charge < -0.3 is 8.98 Å². The Labute approximate surface area is 364 Å². The minimum absolute atomic E-state index is 0. The summed E-state index contributed by atoms with van der Waals surface area (Å²) in [6, 6.07) is 49.0. The molecule has 4 heterocycles. The first-order valence-corrected chi connectivity index (χ1v) is 27.6. The van der Waals surface area contributed by atoms with Crippen LogP contribution < -0.4 is 4.40 Å². The molecule has 9 aromatic rings. The van der Waals surface area contributed by atoms with Crippen molar-refractivity contribution in [2.24, 2.45) is 0 Å². The third-order valence-electron chi connectivity index (χ3n) is 10.9. The van der Waals surface area contributed by atoms with E-state index in [1.54, 1.807) is 0 Å². The van der Waals surface area contributed by atoms with Crippen LogP contribution in [0.25, 0.3) is 66.7 Å². The van der Waals surface area contributed by atoms with Gasteiger partial charge in [0.2, 0.25) is 0 Å². The van der Waals surface area contributed by atoms with Gasteiger partial charge in [0.05, 0.1) is 28.6 Å². The van der Waals surface area contributed by atoms with Crippen molar-refractivity contribution in [2.45, 2.75) is 70.3 Å². The van der Waals surface area contributed by atoms with Crippen LogP contribution in [0.3, 0.4) is 0 Å². The molecular formula is C52H50GeIrN4O-2. The zero-order valence-corrected chi connectivity index (χ0v) is 39.6. The standard InChI is InChI=1S/C38H34N3O.C14H16GeN.Ir/c1-23(2)30-19-27(26-12-7-6-8-13-26)20-31(24(3)4)33(30)22-41-35-17-10-9-16-34(35)40-38(41)29-15-11-14-28-32-18-25(5)39-21-36(32)42-37(28)29;1-15(2,3)13-9-10-14(16-11-13)12-7-5-4-6-8-12;/h6-14,16-21,23-24H,22H2,1-5H3;4-7,9-11H,1-3H3;/q2*-1;. The normalized spacial score (nSPS) is 11.6. The van der Waals surface area contributed by atoms with Gasteiger partial charge in [-0.25, -0.2) is 0 Å². The van der Waals surface area contributed by atoms with E-state index in [4.69, 9.17) is 9.40 Å². The van der Waals surface area contributed by atoms with Gasteiger partial charge in [-0.1, -0.05) is 93.2 Å². The maximum Gasteiger partial charge on any atom is 0 e. The largest absolute Gasteiger partial charge is 0 e. The topological polar surface area (TPSA) is 56.7 Å². The summed E-state index contributed by atoms with van der Waals surface area (Å²) in [5, 5.41) is 2.12. The number of benzene rings is 5. The van der Waals surface area contributed by atoms with Crippen molar-refractivity contribution in [2.75, 3.05) is 0 Å². The summed E-state index contributed by atoms with van der Waals surface area (Å²) in [4.78, 5) is 14.2. The molecule has 0 saturated carbocycles. The summed E-state index contributed by atoms with van der Waals surface area (Å²) in [7, 11) is 0. The third kappa shape index (κ3) is 8.77. The van der Waals surface area contributed by atoms with Crippen molar-refractivity contribution < 1.29 is 24.5 Å². The summed E-state index contributed by atoms with van der Waals surface area (Å²) in [5.74, 6) is 8.73. The van der Waals surface area contributed by atoms with E-state index in [0.717, 1.165) is 61.3 Å². The number of hydrogen-bond acceptors (Lipinski definition) is 4. The Morgan fingerprint density at radius 3 is 2.07 bits per heavy atom. The van der Waals surface area contributed by atoms with E-state index in [0.29, 0.717) is 18.4 Å². The molecule has 7 heteroatoms. The fourth-order valence-electron chi connectivity index (χ4n) is 7.78. The van der Waals surface area contributed by atoms with Crippen molar-refractivity contribution in [3.63, 3.8) is 0 Å². The van der Waals surface area contributed by atoms with E-state index in [1.807, 2.05) is 49.6 Å². The monoisotopic (exact) mass is 1010 g/mol. The van der Waals surface area contributed by atoms with Gasteiger partial charge in [-0.2, -0.15) is 0 Å². The molecule has 299 valence electrons. The number of aromatic nitrogens is 4. The fourth-order valence-corrected chi connectivity index (χ4v) is 9.95. The van der Waals surface area contributed by atoms with Crippen LogP contribution in [0.15, 0.2) is 138 Å². The maximum atomic E-state index is 6.44. The number of rotatable bonds is 8. The molecule has 0 amide bonds. The Hall–Kier alpha value is -5.14. The van der Waals surface area contributed by atoms with Crippen LogP contribution >= 0.6 is 0 Å². The maximum absolute atomic E-state index is 6.44. The second-order valence-electron chi connectivity index (χ2n) is 16.8. The van der Waals surface area contributed by atoms with Crippen LogP contribution in [-0.2, 0) is 26.7 Å². The molecule has 0 aliphatic heterocycles. The quantitative estimate of drug-likeness (QED) is 0.112. The molecule has 59 heavy (non-hydrogen) atoms. The van der Waals surface area contributed by atoms with Gasteiger partial charge in [0.15, 0.2) is 0 Å². The molecule has 0 atom stereocenters. The van der Waals surface area contributed by atoms with Crippen LogP contribution in [0.1, 0.15) is 61.9 Å². The van der Waals surface area contributed by atoms with Crippen LogP contribution in [-0.4, -0.2) is 32.8 Å². The number of hydrogen-bond donors (Lipinski definition) is 0. The molecular weight excluding hydrogens is 961 g/mol. The minimum Gasteiger partial charge on any atom is 0 e. The van der Waals surface area contributed by atoms with Crippen molar-refractivity contribution in [1.82, 2.24) is 19.5 Å². The molecule has 0 bridgehead atoms. The summed E-state index contributed by atoms with van der Waals surface area (Å²) in [5.41, 5.74) is 14.2. The Morgan fingerprint density at radius 2 is 1.41 bits per heavy atom. The number of pyridine rings is 2. The number of imidazole rings is 1. The van der Waals surface area contributed by atoms with Gasteiger partial charge in [-0.15, -0.1) is 18.2 Å². The molecule has 0 fully saturated rings. The summed E-state index contributed by atoms with van der Waals surface area (Å²) < 4.78 is 10.2. The van der Waals surface area contributed by atoms with E-state index in [9.17, 15) is 0 Å². The van der Waals surface area contributed by atoms with Crippen LogP contribution in [0.5, 0.6) is 0 Å². The molecule has 5 aromatic carbocycles.